The molecular weight excluding hydrogens is 278 g/mol. The number of hydrogen-bond acceptors (Lipinski definition) is 3. The molecule has 0 spiro atoms. The summed E-state index contributed by atoms with van der Waals surface area (Å²) in [6.45, 7) is 3.74. The van der Waals surface area contributed by atoms with Gasteiger partial charge in [-0.2, -0.15) is 0 Å². The molecule has 0 radical (unpaired) electrons. The SMILES string of the molecule is CCC(=O)NC(/C=C(\C)OC)CC/C=C/CCC(O)C1CC1. The van der Waals surface area contributed by atoms with E-state index in [9.17, 15) is 9.90 Å². The maximum atomic E-state index is 11.5. The van der Waals surface area contributed by atoms with Crippen LogP contribution in [0.3, 0.4) is 0 Å². The first-order chi connectivity index (χ1) is 10.6. The lowest BCUT2D eigenvalue weighted by atomic mass is 10.1. The number of hydrogen-bond donors (Lipinski definition) is 2. The largest absolute Gasteiger partial charge is 0.502 e. The molecule has 1 amide bonds. The van der Waals surface area contributed by atoms with E-state index in [1.807, 2.05) is 19.9 Å². The molecule has 1 fully saturated rings. The Balaban J connectivity index is 2.27. The number of amides is 1. The molecule has 0 aromatic carbocycles. The molecule has 0 bridgehead atoms. The van der Waals surface area contributed by atoms with Gasteiger partial charge < -0.3 is 15.2 Å². The summed E-state index contributed by atoms with van der Waals surface area (Å²) in [6.07, 6.45) is 12.5. The predicted molar refractivity (Wildman–Crippen MR) is 89.3 cm³/mol. The number of carbonyl (C=O) groups excluding carboxylic acids is 1. The van der Waals surface area contributed by atoms with Crippen molar-refractivity contribution in [3.05, 3.63) is 24.0 Å². The van der Waals surface area contributed by atoms with Gasteiger partial charge in [-0.05, 0) is 57.4 Å². The standard InChI is InChI=1S/C18H31NO3/c1-4-18(21)19-16(13-14(2)22-3)9-7-5-6-8-10-17(20)15-11-12-15/h5-6,13,15-17,20H,4,7-12H2,1-3H3,(H,19,21)/b6-5+,14-13+. The molecule has 2 unspecified atom stereocenters. The number of aliphatic hydroxyl groups excluding tert-OH is 1. The average molecular weight is 309 g/mol. The van der Waals surface area contributed by atoms with E-state index >= 15 is 0 Å². The second-order valence-electron chi connectivity index (χ2n) is 6.04. The first-order valence-electron chi connectivity index (χ1n) is 8.41. The van der Waals surface area contributed by atoms with E-state index in [1.54, 1.807) is 7.11 Å². The highest BCUT2D eigenvalue weighted by molar-refractivity contribution is 5.76. The summed E-state index contributed by atoms with van der Waals surface area (Å²) in [4.78, 5) is 11.5. The number of rotatable bonds is 11. The zero-order chi connectivity index (χ0) is 16.4. The smallest absolute Gasteiger partial charge is 0.220 e. The lowest BCUT2D eigenvalue weighted by Gasteiger charge is -2.15. The van der Waals surface area contributed by atoms with Gasteiger partial charge in [0.25, 0.3) is 0 Å². The van der Waals surface area contributed by atoms with Crippen LogP contribution in [-0.4, -0.2) is 30.3 Å². The first-order valence-corrected chi connectivity index (χ1v) is 8.41. The highest BCUT2D eigenvalue weighted by Gasteiger charge is 2.28. The number of allylic oxidation sites excluding steroid dienone is 3. The highest BCUT2D eigenvalue weighted by Crippen LogP contribution is 2.34. The summed E-state index contributed by atoms with van der Waals surface area (Å²) in [5.41, 5.74) is 0. The van der Waals surface area contributed by atoms with Crippen molar-refractivity contribution < 1.29 is 14.6 Å². The Bertz CT molecular complexity index is 386. The minimum atomic E-state index is -0.117. The topological polar surface area (TPSA) is 58.6 Å². The third kappa shape index (κ3) is 8.23. The fourth-order valence-corrected chi connectivity index (χ4v) is 2.35. The maximum absolute atomic E-state index is 11.5. The van der Waals surface area contributed by atoms with Gasteiger partial charge in [-0.1, -0.05) is 19.1 Å². The van der Waals surface area contributed by atoms with Crippen LogP contribution in [0.5, 0.6) is 0 Å². The van der Waals surface area contributed by atoms with Crippen LogP contribution in [0.4, 0.5) is 0 Å². The van der Waals surface area contributed by atoms with Gasteiger partial charge in [0.2, 0.25) is 5.91 Å². The van der Waals surface area contributed by atoms with Crippen LogP contribution in [0.25, 0.3) is 0 Å². The molecular formula is C18H31NO3. The van der Waals surface area contributed by atoms with E-state index in [0.717, 1.165) is 31.4 Å². The quantitative estimate of drug-likeness (QED) is 0.455. The summed E-state index contributed by atoms with van der Waals surface area (Å²) < 4.78 is 5.16. The van der Waals surface area contributed by atoms with E-state index in [-0.39, 0.29) is 18.1 Å². The van der Waals surface area contributed by atoms with Gasteiger partial charge in [0, 0.05) is 6.42 Å². The zero-order valence-electron chi connectivity index (χ0n) is 14.2. The lowest BCUT2D eigenvalue weighted by Crippen LogP contribution is -2.33. The lowest BCUT2D eigenvalue weighted by molar-refractivity contribution is -0.121. The Morgan fingerprint density at radius 1 is 1.32 bits per heavy atom. The Labute approximate surface area is 134 Å². The fourth-order valence-electron chi connectivity index (χ4n) is 2.35. The molecule has 0 heterocycles. The summed E-state index contributed by atoms with van der Waals surface area (Å²) >= 11 is 0. The van der Waals surface area contributed by atoms with Crippen LogP contribution in [0.2, 0.25) is 0 Å². The summed E-state index contributed by atoms with van der Waals surface area (Å²) in [5.74, 6) is 1.43. The first kappa shape index (κ1) is 18.8. The highest BCUT2D eigenvalue weighted by atomic mass is 16.5. The van der Waals surface area contributed by atoms with Crippen molar-refractivity contribution in [1.29, 1.82) is 0 Å². The van der Waals surface area contributed by atoms with Crippen molar-refractivity contribution >= 4 is 5.91 Å². The van der Waals surface area contributed by atoms with Crippen LogP contribution >= 0.6 is 0 Å². The van der Waals surface area contributed by atoms with Crippen LogP contribution < -0.4 is 5.32 Å². The number of ether oxygens (including phenoxy) is 1. The van der Waals surface area contributed by atoms with Crippen molar-refractivity contribution in [3.8, 4) is 0 Å². The minimum Gasteiger partial charge on any atom is -0.502 e. The fraction of sp³-hybridized carbons (Fsp3) is 0.722. The molecule has 2 N–H and O–H groups in total. The van der Waals surface area contributed by atoms with Crippen LogP contribution in [0.15, 0.2) is 24.0 Å². The van der Waals surface area contributed by atoms with Crippen molar-refractivity contribution in [1.82, 2.24) is 5.32 Å². The maximum Gasteiger partial charge on any atom is 0.220 e. The van der Waals surface area contributed by atoms with Gasteiger partial charge in [-0.15, -0.1) is 0 Å². The summed E-state index contributed by atoms with van der Waals surface area (Å²) in [5, 5.41) is 12.8. The third-order valence-corrected chi connectivity index (χ3v) is 4.03. The second-order valence-corrected chi connectivity index (χ2v) is 6.04. The summed E-state index contributed by atoms with van der Waals surface area (Å²) in [7, 11) is 1.63. The molecule has 1 rings (SSSR count). The molecule has 22 heavy (non-hydrogen) atoms. The van der Waals surface area contributed by atoms with E-state index in [1.165, 1.54) is 12.8 Å². The molecule has 1 saturated carbocycles. The molecule has 0 saturated heterocycles. The Hall–Kier alpha value is -1.29. The van der Waals surface area contributed by atoms with E-state index in [4.69, 9.17) is 4.74 Å². The normalized spacial score (nSPS) is 18.3. The molecule has 1 aliphatic rings. The predicted octanol–water partition coefficient (Wildman–Crippen LogP) is 3.32. The van der Waals surface area contributed by atoms with Crippen LogP contribution in [0.1, 0.15) is 58.8 Å². The molecule has 2 atom stereocenters. The Kier molecular flexibility index (Phi) is 8.90. The third-order valence-electron chi connectivity index (χ3n) is 4.03. The molecule has 4 nitrogen and oxygen atoms in total. The minimum absolute atomic E-state index is 0.00843. The molecule has 4 heteroatoms. The van der Waals surface area contributed by atoms with Crippen molar-refractivity contribution in [2.24, 2.45) is 5.92 Å². The molecule has 0 aromatic rings. The Morgan fingerprint density at radius 3 is 2.50 bits per heavy atom. The Morgan fingerprint density at radius 2 is 1.95 bits per heavy atom. The monoisotopic (exact) mass is 309 g/mol. The number of nitrogens with one attached hydrogen (secondary N) is 1. The van der Waals surface area contributed by atoms with Gasteiger partial charge in [0.1, 0.15) is 0 Å². The van der Waals surface area contributed by atoms with Gasteiger partial charge >= 0.3 is 0 Å². The zero-order valence-corrected chi connectivity index (χ0v) is 14.2. The van der Waals surface area contributed by atoms with E-state index in [0.29, 0.717) is 12.3 Å². The van der Waals surface area contributed by atoms with Crippen molar-refractivity contribution in [3.63, 3.8) is 0 Å². The second kappa shape index (κ2) is 10.4. The molecule has 0 aliphatic heterocycles. The van der Waals surface area contributed by atoms with E-state index < -0.39 is 0 Å². The molecule has 126 valence electrons. The van der Waals surface area contributed by atoms with Gasteiger partial charge in [0.15, 0.2) is 0 Å². The number of carbonyl (C=O) groups is 1. The average Bonchev–Trinajstić information content (AvgIpc) is 3.34. The van der Waals surface area contributed by atoms with Crippen LogP contribution in [0, 0.1) is 5.92 Å². The van der Waals surface area contributed by atoms with Gasteiger partial charge in [-0.25, -0.2) is 0 Å². The van der Waals surface area contributed by atoms with Crippen molar-refractivity contribution in [2.75, 3.05) is 7.11 Å². The number of aliphatic hydroxyl groups is 1. The van der Waals surface area contributed by atoms with E-state index in [2.05, 4.69) is 17.5 Å². The summed E-state index contributed by atoms with van der Waals surface area (Å²) in [6, 6.07) is 0.00843. The van der Waals surface area contributed by atoms with Gasteiger partial charge in [0.05, 0.1) is 25.0 Å². The van der Waals surface area contributed by atoms with Crippen LogP contribution in [-0.2, 0) is 9.53 Å². The molecule has 0 aromatic heterocycles. The number of methoxy groups -OCH3 is 1. The van der Waals surface area contributed by atoms with Gasteiger partial charge in [-0.3, -0.25) is 4.79 Å². The van der Waals surface area contributed by atoms with Crippen molar-refractivity contribution in [2.45, 2.75) is 70.9 Å². The molecule has 1 aliphatic carbocycles.